The summed E-state index contributed by atoms with van der Waals surface area (Å²) in [6, 6.07) is 40.9. The molecule has 36 heavy (non-hydrogen) atoms. The van der Waals surface area contributed by atoms with E-state index in [-0.39, 0.29) is 0 Å². The summed E-state index contributed by atoms with van der Waals surface area (Å²) < 4.78 is 3.86. The molecule has 0 saturated carbocycles. The van der Waals surface area contributed by atoms with Crippen LogP contribution in [-0.4, -0.2) is 3.21 Å². The van der Waals surface area contributed by atoms with Gasteiger partial charge in [0.15, 0.2) is 0 Å². The van der Waals surface area contributed by atoms with Gasteiger partial charge < -0.3 is 0 Å². The number of benzene rings is 4. The van der Waals surface area contributed by atoms with E-state index < -0.39 is 21.3 Å². The van der Waals surface area contributed by atoms with E-state index in [0.29, 0.717) is 3.63 Å². The number of hydrogen-bond acceptors (Lipinski definition) is 0. The molecule has 0 N–H and O–H groups in total. The van der Waals surface area contributed by atoms with Crippen LogP contribution < -0.4 is 0 Å². The molecule has 2 aliphatic carbocycles. The third-order valence-electron chi connectivity index (χ3n) is 7.63. The second-order valence-corrected chi connectivity index (χ2v) is 16.1. The predicted molar refractivity (Wildman–Crippen MR) is 150 cm³/mol. The Balaban J connectivity index is 1.66. The van der Waals surface area contributed by atoms with Gasteiger partial charge >= 0.3 is 224 Å². The van der Waals surface area contributed by atoms with Gasteiger partial charge in [-0.1, -0.05) is 0 Å². The van der Waals surface area contributed by atoms with Crippen molar-refractivity contribution in [1.82, 2.24) is 0 Å². The second-order valence-electron chi connectivity index (χ2n) is 9.88. The molecule has 1 heteroatoms. The van der Waals surface area contributed by atoms with Crippen molar-refractivity contribution < 1.29 is 21.3 Å². The van der Waals surface area contributed by atoms with Crippen molar-refractivity contribution in [3.05, 3.63) is 152 Å². The Morgan fingerprint density at radius 1 is 0.694 bits per heavy atom. The second kappa shape index (κ2) is 10.6. The average molecular weight is 544 g/mol. The van der Waals surface area contributed by atoms with Gasteiger partial charge in [0.05, 0.1) is 0 Å². The molecule has 6 rings (SSSR count). The number of allylic oxidation sites excluding steroid dienone is 4. The van der Waals surface area contributed by atoms with Crippen LogP contribution in [0.25, 0.3) is 11.1 Å². The molecule has 0 unspecified atom stereocenters. The van der Waals surface area contributed by atoms with Gasteiger partial charge in [0.25, 0.3) is 0 Å². The topological polar surface area (TPSA) is 0 Å². The Hall–Kier alpha value is -2.89. The van der Waals surface area contributed by atoms with Crippen LogP contribution >= 0.6 is 0 Å². The Kier molecular flexibility index (Phi) is 6.93. The van der Waals surface area contributed by atoms with Crippen molar-refractivity contribution in [3.63, 3.8) is 0 Å². The zero-order chi connectivity index (χ0) is 24.3. The van der Waals surface area contributed by atoms with Crippen molar-refractivity contribution >= 4 is 3.21 Å². The normalized spacial score (nSPS) is 14.1. The molecule has 0 aromatic heterocycles. The van der Waals surface area contributed by atoms with Crippen molar-refractivity contribution in [2.45, 2.75) is 36.2 Å². The first-order valence-corrected chi connectivity index (χ1v) is 17.2. The minimum atomic E-state index is -2.55. The molecule has 0 amide bonds. The number of unbranched alkanes of at least 4 members (excludes halogenated alkanes) is 1. The van der Waals surface area contributed by atoms with E-state index in [2.05, 4.69) is 128 Å². The van der Waals surface area contributed by atoms with Crippen molar-refractivity contribution in [2.24, 2.45) is 0 Å². The summed E-state index contributed by atoms with van der Waals surface area (Å²) in [5.41, 5.74) is 10.3. The number of fused-ring (bicyclic) bond motifs is 3. The van der Waals surface area contributed by atoms with Gasteiger partial charge in [-0.15, -0.1) is 0 Å². The summed E-state index contributed by atoms with van der Waals surface area (Å²) in [6.45, 7) is 2.30. The van der Waals surface area contributed by atoms with E-state index in [9.17, 15) is 0 Å². The molecule has 4 aromatic carbocycles. The summed E-state index contributed by atoms with van der Waals surface area (Å²) in [5, 5.41) is 0. The van der Waals surface area contributed by atoms with Crippen LogP contribution in [0.3, 0.4) is 0 Å². The van der Waals surface area contributed by atoms with Gasteiger partial charge in [-0.25, -0.2) is 0 Å². The Morgan fingerprint density at radius 3 is 1.78 bits per heavy atom. The molecule has 0 saturated heterocycles. The van der Waals surface area contributed by atoms with E-state index in [1.807, 2.05) is 0 Å². The SMILES string of the molecule is CCCCC1=CC[C]([Zr](=[C](c2ccccc2)c2ccccc2)[CH]2c3ccccc3-c3ccccc32)=C1. The molecule has 0 bridgehead atoms. The van der Waals surface area contributed by atoms with E-state index >= 15 is 0 Å². The maximum absolute atomic E-state index is 2.62. The zero-order valence-electron chi connectivity index (χ0n) is 21.0. The van der Waals surface area contributed by atoms with E-state index in [4.69, 9.17) is 0 Å². The van der Waals surface area contributed by atoms with Crippen LogP contribution in [0.1, 0.15) is 58.5 Å². The number of hydrogen-bond donors (Lipinski definition) is 0. The molecule has 176 valence electrons. The van der Waals surface area contributed by atoms with Gasteiger partial charge in [0.2, 0.25) is 0 Å². The van der Waals surface area contributed by atoms with Crippen LogP contribution in [0.15, 0.2) is 130 Å². The molecular weight excluding hydrogens is 512 g/mol. The molecule has 4 aromatic rings. The van der Waals surface area contributed by atoms with Crippen molar-refractivity contribution in [3.8, 4) is 11.1 Å². The molecular formula is C35H32Zr. The molecule has 0 radical (unpaired) electrons. The fraction of sp³-hybridized carbons (Fsp3) is 0.171. The predicted octanol–water partition coefficient (Wildman–Crippen LogP) is 9.05. The van der Waals surface area contributed by atoms with E-state index in [1.54, 1.807) is 23.2 Å². The molecule has 0 atom stereocenters. The first-order valence-electron chi connectivity index (χ1n) is 13.3. The monoisotopic (exact) mass is 542 g/mol. The molecule has 0 nitrogen and oxygen atoms in total. The molecule has 0 aliphatic heterocycles. The van der Waals surface area contributed by atoms with Gasteiger partial charge in [-0.2, -0.15) is 0 Å². The van der Waals surface area contributed by atoms with Gasteiger partial charge in [-0.05, 0) is 0 Å². The fourth-order valence-corrected chi connectivity index (χ4v) is 15.1. The molecule has 0 spiro atoms. The standard InChI is InChI=1S/C13H9.C13H10.C9H13.Zr/c1-3-7-12-10(5-1)9-11-6-2-4-8-13(11)12;1-3-7-12(8-4-1)11-13-9-5-2-6-10-13;1-2-3-6-9-7-4-5-8-9;/h1-9H;1-10H;7-8H,2-4,6H2,1H3;. The van der Waals surface area contributed by atoms with E-state index in [1.165, 1.54) is 41.5 Å². The van der Waals surface area contributed by atoms with Crippen LogP contribution in [0, 0.1) is 0 Å². The van der Waals surface area contributed by atoms with Crippen molar-refractivity contribution in [2.75, 3.05) is 0 Å². The summed E-state index contributed by atoms with van der Waals surface area (Å²) in [6.07, 6.45) is 10.0. The Morgan fingerprint density at radius 2 is 1.22 bits per heavy atom. The third kappa shape index (κ3) is 4.40. The van der Waals surface area contributed by atoms with Crippen LogP contribution in [0.4, 0.5) is 0 Å². The zero-order valence-corrected chi connectivity index (χ0v) is 23.4. The maximum atomic E-state index is 2.62. The summed E-state index contributed by atoms with van der Waals surface area (Å²) in [5.74, 6) is 0. The summed E-state index contributed by atoms with van der Waals surface area (Å²) in [4.78, 5) is 0. The Labute approximate surface area is 223 Å². The summed E-state index contributed by atoms with van der Waals surface area (Å²) >= 11 is -2.55. The van der Waals surface area contributed by atoms with Crippen LogP contribution in [-0.2, 0) is 21.3 Å². The minimum absolute atomic E-state index is 0.486. The summed E-state index contributed by atoms with van der Waals surface area (Å²) in [7, 11) is 0. The number of rotatable bonds is 7. The Bertz CT molecular complexity index is 1380. The molecule has 0 heterocycles. The molecule has 0 fully saturated rings. The fourth-order valence-electron chi connectivity index (χ4n) is 5.97. The van der Waals surface area contributed by atoms with Crippen LogP contribution in [0.5, 0.6) is 0 Å². The molecule has 2 aliphatic rings. The van der Waals surface area contributed by atoms with E-state index in [0.717, 1.165) is 6.42 Å². The first-order chi connectivity index (χ1) is 17.8. The quantitative estimate of drug-likeness (QED) is 0.218. The van der Waals surface area contributed by atoms with Crippen molar-refractivity contribution in [1.29, 1.82) is 0 Å². The van der Waals surface area contributed by atoms with Gasteiger partial charge in [-0.3, -0.25) is 0 Å². The van der Waals surface area contributed by atoms with Gasteiger partial charge in [0, 0.05) is 0 Å². The van der Waals surface area contributed by atoms with Gasteiger partial charge in [0.1, 0.15) is 0 Å². The third-order valence-corrected chi connectivity index (χ3v) is 15.9. The first kappa shape index (κ1) is 23.5. The average Bonchev–Trinajstić information content (AvgIpc) is 3.54. The van der Waals surface area contributed by atoms with Crippen LogP contribution in [0.2, 0.25) is 0 Å².